The number of allylic oxidation sites excluding steroid dienone is 4. The Kier molecular flexibility index (Phi) is 1.63. The van der Waals surface area contributed by atoms with Crippen molar-refractivity contribution >= 4 is 0 Å². The van der Waals surface area contributed by atoms with E-state index in [0.29, 0.717) is 0 Å². The van der Waals surface area contributed by atoms with Crippen LogP contribution in [0.1, 0.15) is 13.8 Å². The maximum atomic E-state index is 12.8. The molecule has 0 fully saturated rings. The van der Waals surface area contributed by atoms with Crippen molar-refractivity contribution in [1.29, 1.82) is 0 Å². The summed E-state index contributed by atoms with van der Waals surface area (Å²) in [5.74, 6) is -1.44. The molecule has 1 radical (unpaired) electrons. The van der Waals surface area contributed by atoms with Crippen LogP contribution in [0, 0.1) is 11.8 Å². The normalized spacial score (nSPS) is 23.6. The molecule has 2 heteroatoms. The van der Waals surface area contributed by atoms with Crippen molar-refractivity contribution < 1.29 is 8.78 Å². The molecule has 0 unspecified atom stereocenters. The van der Waals surface area contributed by atoms with Gasteiger partial charge in [0.25, 0.3) is 0 Å². The van der Waals surface area contributed by atoms with Crippen LogP contribution in [0.4, 0.5) is 8.78 Å². The number of hydrogen-bond donors (Lipinski definition) is 0. The van der Waals surface area contributed by atoms with Crippen LogP contribution in [0.25, 0.3) is 0 Å². The summed E-state index contributed by atoms with van der Waals surface area (Å²) >= 11 is 0. The molecule has 0 saturated heterocycles. The molecule has 0 N–H and O–H groups in total. The zero-order valence-corrected chi connectivity index (χ0v) is 5.99. The van der Waals surface area contributed by atoms with Crippen molar-refractivity contribution in [3.8, 4) is 0 Å². The Labute approximate surface area is 59.2 Å². The van der Waals surface area contributed by atoms with Crippen LogP contribution in [-0.2, 0) is 0 Å². The lowest BCUT2D eigenvalue weighted by Crippen LogP contribution is -2.12. The summed E-state index contributed by atoms with van der Waals surface area (Å²) in [5.41, 5.74) is -0.765. The van der Waals surface area contributed by atoms with E-state index in [1.807, 2.05) is 0 Å². The van der Waals surface area contributed by atoms with E-state index >= 15 is 0 Å². The van der Waals surface area contributed by atoms with Gasteiger partial charge in [-0.2, -0.15) is 0 Å². The van der Waals surface area contributed by atoms with E-state index in [4.69, 9.17) is 0 Å². The molecule has 1 rings (SSSR count). The zero-order valence-electron chi connectivity index (χ0n) is 5.99. The first kappa shape index (κ1) is 7.45. The van der Waals surface area contributed by atoms with Crippen LogP contribution in [0.3, 0.4) is 0 Å². The van der Waals surface area contributed by atoms with Gasteiger partial charge in [0.05, 0.1) is 0 Å². The monoisotopic (exact) mass is 143 g/mol. The standard InChI is InChI=1S/C8H9F2/c1-8(2)5-3-4-6(9)7(8)10/h3-5H,1-2H3. The Morgan fingerprint density at radius 1 is 1.30 bits per heavy atom. The van der Waals surface area contributed by atoms with Crippen molar-refractivity contribution in [2.75, 3.05) is 0 Å². The number of halogens is 2. The molecule has 55 valence electrons. The first-order chi connectivity index (χ1) is 4.54. The predicted octanol–water partition coefficient (Wildman–Crippen LogP) is 2.94. The molecule has 10 heavy (non-hydrogen) atoms. The van der Waals surface area contributed by atoms with E-state index in [9.17, 15) is 8.78 Å². The summed E-state index contributed by atoms with van der Waals surface area (Å²) in [4.78, 5) is 0. The van der Waals surface area contributed by atoms with Crippen LogP contribution >= 0.6 is 0 Å². The van der Waals surface area contributed by atoms with E-state index in [1.54, 1.807) is 19.9 Å². The van der Waals surface area contributed by atoms with Crippen molar-refractivity contribution in [1.82, 2.24) is 0 Å². The summed E-state index contributed by atoms with van der Waals surface area (Å²) in [6.07, 6.45) is 4.28. The summed E-state index contributed by atoms with van der Waals surface area (Å²) in [7, 11) is 0. The van der Waals surface area contributed by atoms with Gasteiger partial charge in [0, 0.05) is 11.8 Å². The minimum Gasteiger partial charge on any atom is -0.208 e. The zero-order chi connectivity index (χ0) is 7.78. The van der Waals surface area contributed by atoms with Gasteiger partial charge in [-0.3, -0.25) is 0 Å². The molecule has 1 aliphatic rings. The third-order valence-corrected chi connectivity index (χ3v) is 1.53. The van der Waals surface area contributed by atoms with Gasteiger partial charge in [0.15, 0.2) is 0 Å². The van der Waals surface area contributed by atoms with Gasteiger partial charge in [-0.15, -0.1) is 0 Å². The van der Waals surface area contributed by atoms with E-state index in [0.717, 1.165) is 6.42 Å². The smallest absolute Gasteiger partial charge is 0.141 e. The van der Waals surface area contributed by atoms with Crippen LogP contribution in [-0.4, -0.2) is 0 Å². The lowest BCUT2D eigenvalue weighted by molar-refractivity contribution is 0.389. The minimum absolute atomic E-state index is 0.685. The van der Waals surface area contributed by atoms with Crippen molar-refractivity contribution in [2.24, 2.45) is 5.41 Å². The average Bonchev–Trinajstić information content (AvgIpc) is 1.83. The third kappa shape index (κ3) is 1.11. The largest absolute Gasteiger partial charge is 0.208 e. The van der Waals surface area contributed by atoms with Crippen LogP contribution < -0.4 is 0 Å². The van der Waals surface area contributed by atoms with Gasteiger partial charge in [-0.05, 0) is 13.8 Å². The molecule has 0 aromatic heterocycles. The van der Waals surface area contributed by atoms with Crippen LogP contribution in [0.15, 0.2) is 23.8 Å². The third-order valence-electron chi connectivity index (χ3n) is 1.53. The van der Waals surface area contributed by atoms with Crippen LogP contribution in [0.5, 0.6) is 0 Å². The fraction of sp³-hybridized carbons (Fsp3) is 0.375. The van der Waals surface area contributed by atoms with E-state index in [-0.39, 0.29) is 0 Å². The fourth-order valence-corrected chi connectivity index (χ4v) is 0.827. The summed E-state index contributed by atoms with van der Waals surface area (Å²) in [6, 6.07) is 0. The highest BCUT2D eigenvalue weighted by molar-refractivity contribution is 5.31. The second-order valence-corrected chi connectivity index (χ2v) is 2.91. The topological polar surface area (TPSA) is 0 Å². The molecule has 0 aromatic rings. The number of hydrogen-bond acceptors (Lipinski definition) is 0. The summed E-state index contributed by atoms with van der Waals surface area (Å²) < 4.78 is 25.2. The molecule has 0 atom stereocenters. The van der Waals surface area contributed by atoms with E-state index in [1.165, 1.54) is 6.08 Å². The fourth-order valence-electron chi connectivity index (χ4n) is 0.827. The minimum atomic E-state index is -0.765. The number of rotatable bonds is 0. The van der Waals surface area contributed by atoms with Gasteiger partial charge in [0.1, 0.15) is 11.7 Å². The average molecular weight is 143 g/mol. The first-order valence-electron chi connectivity index (χ1n) is 3.12. The SMILES string of the molecule is CC1(C)C=C[CH]C(F)=C1F. The van der Waals surface area contributed by atoms with Gasteiger partial charge >= 0.3 is 0 Å². The molecule has 0 saturated carbocycles. The Hall–Kier alpha value is -0.660. The molecule has 0 nitrogen and oxygen atoms in total. The molecule has 0 heterocycles. The quantitative estimate of drug-likeness (QED) is 0.489. The lowest BCUT2D eigenvalue weighted by atomic mass is 9.87. The second kappa shape index (κ2) is 2.19. The molecule has 0 aliphatic heterocycles. The van der Waals surface area contributed by atoms with Crippen LogP contribution in [0.2, 0.25) is 0 Å². The highest BCUT2D eigenvalue weighted by Crippen LogP contribution is 2.36. The maximum absolute atomic E-state index is 12.8. The predicted molar refractivity (Wildman–Crippen MR) is 36.5 cm³/mol. The molecule has 1 aliphatic carbocycles. The lowest BCUT2D eigenvalue weighted by Gasteiger charge is -2.21. The summed E-state index contributed by atoms with van der Waals surface area (Å²) in [5, 5.41) is 0. The molecule has 0 aromatic carbocycles. The Balaban J connectivity index is 2.97. The van der Waals surface area contributed by atoms with Gasteiger partial charge in [0.2, 0.25) is 0 Å². The molecule has 0 spiro atoms. The van der Waals surface area contributed by atoms with Crippen molar-refractivity contribution in [3.63, 3.8) is 0 Å². The highest BCUT2D eigenvalue weighted by Gasteiger charge is 2.26. The van der Waals surface area contributed by atoms with Gasteiger partial charge in [-0.25, -0.2) is 8.78 Å². The summed E-state index contributed by atoms with van der Waals surface area (Å²) in [6.45, 7) is 3.26. The second-order valence-electron chi connectivity index (χ2n) is 2.91. The Morgan fingerprint density at radius 3 is 2.30 bits per heavy atom. The Bertz CT molecular complexity index is 199. The first-order valence-corrected chi connectivity index (χ1v) is 3.12. The van der Waals surface area contributed by atoms with E-state index in [2.05, 4.69) is 0 Å². The molecular formula is C8H9F2. The Morgan fingerprint density at radius 2 is 1.90 bits per heavy atom. The van der Waals surface area contributed by atoms with Crippen molar-refractivity contribution in [3.05, 3.63) is 30.2 Å². The molecule has 0 amide bonds. The van der Waals surface area contributed by atoms with Crippen molar-refractivity contribution in [2.45, 2.75) is 13.8 Å². The van der Waals surface area contributed by atoms with Gasteiger partial charge in [-0.1, -0.05) is 12.2 Å². The maximum Gasteiger partial charge on any atom is 0.141 e. The highest BCUT2D eigenvalue weighted by atomic mass is 19.2. The van der Waals surface area contributed by atoms with E-state index < -0.39 is 17.1 Å². The van der Waals surface area contributed by atoms with Gasteiger partial charge < -0.3 is 0 Å². The molecular weight excluding hydrogens is 134 g/mol. The molecule has 0 bridgehead atoms.